The average Bonchev–Trinajstić information content (AvgIpc) is 3.49. The molecule has 416 valence electrons. The molecule has 6 aromatic rings. The van der Waals surface area contributed by atoms with Crippen molar-refractivity contribution in [1.29, 1.82) is 0 Å². The van der Waals surface area contributed by atoms with Crippen molar-refractivity contribution in [2.24, 2.45) is 5.73 Å². The molecule has 0 unspecified atom stereocenters. The van der Waals surface area contributed by atoms with E-state index in [1.807, 2.05) is 98.8 Å². The van der Waals surface area contributed by atoms with E-state index in [-0.39, 0.29) is 40.9 Å². The van der Waals surface area contributed by atoms with Gasteiger partial charge in [-0.3, -0.25) is 4.18 Å². The van der Waals surface area contributed by atoms with Crippen LogP contribution in [0.5, 0.6) is 0 Å². The van der Waals surface area contributed by atoms with Crippen LogP contribution in [0.15, 0.2) is 225 Å². The number of nitrogens with two attached hydrogens (primary N) is 1. The number of benzene rings is 6. The smallest absolute Gasteiger partial charge is 0.296 e. The van der Waals surface area contributed by atoms with Gasteiger partial charge in [0, 0.05) is 12.0 Å². The van der Waals surface area contributed by atoms with E-state index in [0.717, 1.165) is 93.0 Å². The fourth-order valence-electron chi connectivity index (χ4n) is 9.54. The van der Waals surface area contributed by atoms with Gasteiger partial charge in [-0.25, -0.2) is 13.1 Å². The van der Waals surface area contributed by atoms with E-state index < -0.39 is 26.2 Å². The van der Waals surface area contributed by atoms with Gasteiger partial charge in [-0.2, -0.15) is 8.42 Å². The number of hydrogen-bond acceptors (Lipinski definition) is 7. The van der Waals surface area contributed by atoms with Gasteiger partial charge >= 0.3 is 0 Å². The molecule has 0 heterocycles. The summed E-state index contributed by atoms with van der Waals surface area (Å²) in [6, 6.07) is 53.8. The van der Waals surface area contributed by atoms with Gasteiger partial charge < -0.3 is 11.1 Å². The molecule has 2 aliphatic rings. The zero-order valence-corrected chi connectivity index (χ0v) is 49.4. The van der Waals surface area contributed by atoms with Gasteiger partial charge in [0.05, 0.1) is 28.5 Å². The van der Waals surface area contributed by atoms with Crippen LogP contribution in [0, 0.1) is 13.8 Å². The lowest BCUT2D eigenvalue weighted by Gasteiger charge is -2.30. The Morgan fingerprint density at radius 3 is 1.36 bits per heavy atom. The van der Waals surface area contributed by atoms with Crippen LogP contribution < -0.4 is 15.8 Å². The van der Waals surface area contributed by atoms with Crippen LogP contribution >= 0.6 is 12.4 Å². The molecular formula is C67H84ClN3O5S2. The van der Waals surface area contributed by atoms with Crippen LogP contribution in [0.4, 0.5) is 0 Å². The van der Waals surface area contributed by atoms with Crippen LogP contribution in [-0.4, -0.2) is 30.0 Å². The van der Waals surface area contributed by atoms with E-state index in [4.69, 9.17) is 9.92 Å². The summed E-state index contributed by atoms with van der Waals surface area (Å²) in [5.74, 6) is 0.337. The first kappa shape index (κ1) is 63.1. The molecule has 0 bridgehead atoms. The fourth-order valence-corrected chi connectivity index (χ4v) is 11.7. The van der Waals surface area contributed by atoms with Crippen LogP contribution in [0.1, 0.15) is 156 Å². The van der Waals surface area contributed by atoms with Crippen molar-refractivity contribution in [2.45, 2.75) is 147 Å². The lowest BCUT2D eigenvalue weighted by Crippen LogP contribution is -2.39. The lowest BCUT2D eigenvalue weighted by atomic mass is 9.89. The number of unbranched alkanes of at least 4 members (excludes halogenated alkanes) is 2. The third-order valence-electron chi connectivity index (χ3n) is 14.9. The van der Waals surface area contributed by atoms with E-state index in [1.54, 1.807) is 42.0 Å². The van der Waals surface area contributed by atoms with E-state index in [2.05, 4.69) is 105 Å². The lowest BCUT2D eigenvalue weighted by molar-refractivity contribution is 0.308. The first-order valence-electron chi connectivity index (χ1n) is 27.4. The summed E-state index contributed by atoms with van der Waals surface area (Å²) in [6.07, 6.45) is 15.0. The summed E-state index contributed by atoms with van der Waals surface area (Å²) in [7, 11) is -7.36. The maximum atomic E-state index is 13.5. The molecule has 4 atom stereocenters. The SMILES string of the molecule is CC1=C(C)CC(CCCCN[C@@H](c2ccccc2)[C@@H](NS(=O)(=O)c2ccc(C)cc2)c2ccccc2)=CC1.CC1=C(C)CC(CCCCOS(=O)(=O)c2ccc(C)cc2)=CC1.C[C@@H](c1ccccc1)[C@@H](N)c1ccccc1.Cl. The molecule has 2 aliphatic carbocycles. The largest absolute Gasteiger partial charge is 0.323 e. The Morgan fingerprint density at radius 2 is 0.897 bits per heavy atom. The maximum Gasteiger partial charge on any atom is 0.296 e. The van der Waals surface area contributed by atoms with Crippen LogP contribution in [0.3, 0.4) is 0 Å². The highest BCUT2D eigenvalue weighted by Crippen LogP contribution is 2.33. The van der Waals surface area contributed by atoms with E-state index >= 15 is 0 Å². The molecule has 0 radical (unpaired) electrons. The first-order chi connectivity index (χ1) is 37.0. The maximum absolute atomic E-state index is 13.5. The van der Waals surface area contributed by atoms with E-state index in [0.29, 0.717) is 5.92 Å². The Labute approximate surface area is 475 Å². The molecule has 4 N–H and O–H groups in total. The number of allylic oxidation sites excluding steroid dienone is 8. The highest BCUT2D eigenvalue weighted by Gasteiger charge is 2.30. The highest BCUT2D eigenvalue weighted by molar-refractivity contribution is 7.89. The number of hydrogen-bond donors (Lipinski definition) is 3. The summed E-state index contributed by atoms with van der Waals surface area (Å²) in [6.45, 7) is 16.0. The second kappa shape index (κ2) is 31.8. The Balaban J connectivity index is 0.000000237. The summed E-state index contributed by atoms with van der Waals surface area (Å²) < 4.78 is 59.3. The summed E-state index contributed by atoms with van der Waals surface area (Å²) in [5, 5.41) is 3.72. The minimum atomic E-state index is -3.74. The predicted octanol–water partition coefficient (Wildman–Crippen LogP) is 16.4. The van der Waals surface area contributed by atoms with Crippen LogP contribution in [-0.2, 0) is 24.3 Å². The van der Waals surface area contributed by atoms with Gasteiger partial charge in [0.2, 0.25) is 10.0 Å². The van der Waals surface area contributed by atoms with Gasteiger partial charge in [-0.15, -0.1) is 12.4 Å². The second-order valence-electron chi connectivity index (χ2n) is 20.9. The van der Waals surface area contributed by atoms with Gasteiger partial charge in [-0.1, -0.05) is 209 Å². The molecule has 78 heavy (non-hydrogen) atoms. The van der Waals surface area contributed by atoms with Crippen molar-refractivity contribution in [1.82, 2.24) is 10.0 Å². The summed E-state index contributed by atoms with van der Waals surface area (Å²) in [4.78, 5) is 0.505. The zero-order valence-electron chi connectivity index (χ0n) is 47.0. The third-order valence-corrected chi connectivity index (χ3v) is 17.7. The monoisotopic (exact) mass is 1110 g/mol. The zero-order chi connectivity index (χ0) is 55.2. The Morgan fingerprint density at radius 1 is 0.487 bits per heavy atom. The van der Waals surface area contributed by atoms with Crippen molar-refractivity contribution in [3.8, 4) is 0 Å². The fraction of sp³-hybridized carbons (Fsp3) is 0.343. The van der Waals surface area contributed by atoms with E-state index in [9.17, 15) is 16.8 Å². The molecule has 11 heteroatoms. The number of aryl methyl sites for hydroxylation is 2. The molecule has 0 fully saturated rings. The number of halogens is 1. The highest BCUT2D eigenvalue weighted by atomic mass is 35.5. The molecule has 0 saturated carbocycles. The summed E-state index contributed by atoms with van der Waals surface area (Å²) >= 11 is 0. The minimum absolute atomic E-state index is 0. The van der Waals surface area contributed by atoms with Crippen molar-refractivity contribution in [3.63, 3.8) is 0 Å². The standard InChI is InChI=1S/C33H40N2O2S.C19H26O3S.C15H17N.ClH/c1-25-17-21-31(22-18-25)38(36,37)35-33(30-15-8-5-9-16-30)32(29-13-6-4-7-14-29)34-23-11-10-12-28-20-19-26(2)27(3)24-28;1-15-7-11-19(12-8-15)23(20,21)22-13-5-4-6-18-10-9-16(2)17(3)14-18;1-12(13-8-4-2-5-9-13)15(16)14-10-6-3-7-11-14;/h4-9,13-18,20-22,32-35H,10-12,19,23-24H2,1-3H3;7-8,10-12H,4-6,9,13-14H2,1-3H3;2-12,15H,16H2,1H3;1H/t32-,33-;;12-,15+;/m0.0./s1. The van der Waals surface area contributed by atoms with Gasteiger partial charge in [0.25, 0.3) is 10.1 Å². The summed E-state index contributed by atoms with van der Waals surface area (Å²) in [5.41, 5.74) is 21.8. The molecule has 8 rings (SSSR count). The molecular weight excluding hydrogens is 1030 g/mol. The number of rotatable bonds is 22. The van der Waals surface area contributed by atoms with E-state index in [1.165, 1.54) is 39.0 Å². The quantitative estimate of drug-likeness (QED) is 0.0351. The number of sulfonamides is 1. The molecule has 8 nitrogen and oxygen atoms in total. The Kier molecular flexibility index (Phi) is 25.7. The molecule has 0 saturated heterocycles. The predicted molar refractivity (Wildman–Crippen MR) is 327 cm³/mol. The second-order valence-corrected chi connectivity index (χ2v) is 24.2. The Hall–Kier alpha value is -5.69. The normalized spacial score (nSPS) is 15.2. The van der Waals surface area contributed by atoms with Gasteiger partial charge in [-0.05, 0) is 159 Å². The Bertz CT molecular complexity index is 3060. The van der Waals surface area contributed by atoms with Crippen molar-refractivity contribution >= 4 is 32.5 Å². The molecule has 0 spiro atoms. The third kappa shape index (κ3) is 19.9. The molecule has 0 aliphatic heterocycles. The topological polar surface area (TPSA) is 128 Å². The van der Waals surface area contributed by atoms with Crippen molar-refractivity contribution in [2.75, 3.05) is 13.2 Å². The minimum Gasteiger partial charge on any atom is -0.323 e. The van der Waals surface area contributed by atoms with Crippen molar-refractivity contribution < 1.29 is 21.0 Å². The first-order valence-corrected chi connectivity index (χ1v) is 30.3. The van der Waals surface area contributed by atoms with Gasteiger partial charge in [0.1, 0.15) is 0 Å². The van der Waals surface area contributed by atoms with Crippen LogP contribution in [0.25, 0.3) is 0 Å². The molecule has 0 aromatic heterocycles. The molecule has 6 aromatic carbocycles. The molecule has 0 amide bonds. The average molecular weight is 1110 g/mol. The van der Waals surface area contributed by atoms with Crippen molar-refractivity contribution in [3.05, 3.63) is 249 Å². The van der Waals surface area contributed by atoms with Gasteiger partial charge in [0.15, 0.2) is 0 Å². The number of nitrogens with one attached hydrogen (secondary N) is 2. The van der Waals surface area contributed by atoms with Crippen LogP contribution in [0.2, 0.25) is 0 Å².